The van der Waals surface area contributed by atoms with Crippen LogP contribution in [0.4, 0.5) is 4.39 Å². The summed E-state index contributed by atoms with van der Waals surface area (Å²) in [6.07, 6.45) is 0. The number of thioether (sulfide) groups is 1. The van der Waals surface area contributed by atoms with Crippen LogP contribution in [0.5, 0.6) is 0 Å². The summed E-state index contributed by atoms with van der Waals surface area (Å²) < 4.78 is 15.1. The van der Waals surface area contributed by atoms with Gasteiger partial charge >= 0.3 is 0 Å². The average molecular weight is 448 g/mol. The molecule has 1 unspecified atom stereocenters. The molecule has 4 rings (SSSR count). The Bertz CT molecular complexity index is 1130. The van der Waals surface area contributed by atoms with E-state index in [4.69, 9.17) is 0 Å². The minimum Gasteiger partial charge on any atom is -0.333 e. The maximum atomic E-state index is 13.7. The number of benzene rings is 3. The van der Waals surface area contributed by atoms with Gasteiger partial charge < -0.3 is 4.90 Å². The molecule has 32 heavy (non-hydrogen) atoms. The van der Waals surface area contributed by atoms with Crippen molar-refractivity contribution in [1.82, 2.24) is 25.1 Å². The average Bonchev–Trinajstić information content (AvgIpc) is 3.27. The predicted octanol–water partition coefficient (Wildman–Crippen LogP) is 4.51. The molecule has 0 saturated heterocycles. The number of nitrogens with zero attached hydrogens (tertiary/aromatic N) is 5. The molecule has 0 saturated carbocycles. The van der Waals surface area contributed by atoms with Crippen LogP contribution in [0.25, 0.3) is 5.69 Å². The number of halogens is 1. The van der Waals surface area contributed by atoms with Gasteiger partial charge in [0, 0.05) is 13.1 Å². The van der Waals surface area contributed by atoms with Gasteiger partial charge in [0.15, 0.2) is 0 Å². The van der Waals surface area contributed by atoms with Crippen LogP contribution in [0, 0.1) is 5.82 Å². The molecule has 0 fully saturated rings. The van der Waals surface area contributed by atoms with Crippen molar-refractivity contribution in [2.45, 2.75) is 30.4 Å². The number of carbonyl (C=O) groups is 1. The molecule has 3 aromatic carbocycles. The van der Waals surface area contributed by atoms with E-state index in [0.29, 0.717) is 23.9 Å². The fraction of sp³-hybridized carbons (Fsp3) is 0.167. The van der Waals surface area contributed by atoms with E-state index in [1.807, 2.05) is 72.5 Å². The largest absolute Gasteiger partial charge is 0.333 e. The Morgan fingerprint density at radius 2 is 1.59 bits per heavy atom. The first-order valence-electron chi connectivity index (χ1n) is 10.2. The molecular formula is C24H22FN5OS. The van der Waals surface area contributed by atoms with Gasteiger partial charge in [-0.15, -0.1) is 5.10 Å². The minimum absolute atomic E-state index is 0.0310. The molecule has 0 N–H and O–H groups in total. The smallest absolute Gasteiger partial charge is 0.236 e. The fourth-order valence-corrected chi connectivity index (χ4v) is 4.20. The number of hydrogen-bond acceptors (Lipinski definition) is 5. The molecule has 8 heteroatoms. The Hall–Kier alpha value is -3.52. The Morgan fingerprint density at radius 1 is 0.969 bits per heavy atom. The van der Waals surface area contributed by atoms with Crippen molar-refractivity contribution in [2.24, 2.45) is 0 Å². The van der Waals surface area contributed by atoms with Crippen molar-refractivity contribution in [1.29, 1.82) is 0 Å². The Balaban J connectivity index is 1.54. The lowest BCUT2D eigenvalue weighted by atomic mass is 10.1. The molecule has 0 spiro atoms. The summed E-state index contributed by atoms with van der Waals surface area (Å²) in [5.41, 5.74) is 2.61. The number of rotatable bonds is 8. The van der Waals surface area contributed by atoms with Crippen molar-refractivity contribution in [3.05, 3.63) is 102 Å². The molecule has 6 nitrogen and oxygen atoms in total. The molecule has 162 valence electrons. The van der Waals surface area contributed by atoms with Crippen LogP contribution in [-0.4, -0.2) is 36.3 Å². The van der Waals surface area contributed by atoms with E-state index >= 15 is 0 Å². The summed E-state index contributed by atoms with van der Waals surface area (Å²) in [5.74, 6) is -0.411. The molecule has 0 radical (unpaired) electrons. The minimum atomic E-state index is -0.444. The van der Waals surface area contributed by atoms with Gasteiger partial charge in [0.25, 0.3) is 0 Å². The molecule has 0 bridgehead atoms. The molecule has 4 aromatic rings. The fourth-order valence-electron chi connectivity index (χ4n) is 3.31. The summed E-state index contributed by atoms with van der Waals surface area (Å²) in [7, 11) is 0. The van der Waals surface area contributed by atoms with Crippen molar-refractivity contribution in [2.75, 3.05) is 0 Å². The van der Waals surface area contributed by atoms with E-state index in [2.05, 4.69) is 15.5 Å². The first-order chi connectivity index (χ1) is 15.6. The lowest BCUT2D eigenvalue weighted by Crippen LogP contribution is -2.35. The number of tetrazole rings is 1. The van der Waals surface area contributed by atoms with Crippen LogP contribution < -0.4 is 0 Å². The first-order valence-corrected chi connectivity index (χ1v) is 11.1. The van der Waals surface area contributed by atoms with Crippen LogP contribution >= 0.6 is 11.8 Å². The third kappa shape index (κ3) is 5.39. The standard InChI is InChI=1S/C24H22FN5OS/c1-18(32-24-26-27-28-30(24)22-14-8-13-21(25)15-22)23(31)29(16-19-9-4-2-5-10-19)17-20-11-6-3-7-12-20/h2-15,18H,16-17H2,1H3. The van der Waals surface area contributed by atoms with Gasteiger partial charge in [-0.25, -0.2) is 4.39 Å². The topological polar surface area (TPSA) is 63.9 Å². The van der Waals surface area contributed by atoms with E-state index in [1.165, 1.54) is 28.6 Å². The maximum Gasteiger partial charge on any atom is 0.236 e. The maximum absolute atomic E-state index is 13.7. The highest BCUT2D eigenvalue weighted by Gasteiger charge is 2.24. The summed E-state index contributed by atoms with van der Waals surface area (Å²) in [4.78, 5) is 15.3. The van der Waals surface area contributed by atoms with Gasteiger partial charge in [-0.3, -0.25) is 4.79 Å². The van der Waals surface area contributed by atoms with Gasteiger partial charge in [-0.1, -0.05) is 78.5 Å². The van der Waals surface area contributed by atoms with Gasteiger partial charge in [-0.05, 0) is 46.7 Å². The summed E-state index contributed by atoms with van der Waals surface area (Å²) in [6, 6.07) is 25.8. The zero-order chi connectivity index (χ0) is 22.3. The second-order valence-electron chi connectivity index (χ2n) is 7.28. The van der Waals surface area contributed by atoms with Crippen LogP contribution in [0.3, 0.4) is 0 Å². The normalized spacial score (nSPS) is 11.8. The van der Waals surface area contributed by atoms with Crippen LogP contribution in [0.2, 0.25) is 0 Å². The third-order valence-electron chi connectivity index (χ3n) is 4.87. The highest BCUT2D eigenvalue weighted by atomic mass is 32.2. The molecule has 0 aliphatic rings. The van der Waals surface area contributed by atoms with Gasteiger partial charge in [0.05, 0.1) is 10.9 Å². The Labute approximate surface area is 190 Å². The highest BCUT2D eigenvalue weighted by Crippen LogP contribution is 2.25. The monoisotopic (exact) mass is 447 g/mol. The number of amides is 1. The second kappa shape index (κ2) is 10.2. The van der Waals surface area contributed by atoms with E-state index in [-0.39, 0.29) is 11.7 Å². The molecule has 1 aromatic heterocycles. The summed E-state index contributed by atoms with van der Waals surface area (Å²) in [6.45, 7) is 2.82. The van der Waals surface area contributed by atoms with E-state index in [1.54, 1.807) is 12.1 Å². The molecule has 0 aliphatic carbocycles. The zero-order valence-electron chi connectivity index (χ0n) is 17.5. The molecule has 1 atom stereocenters. The first kappa shape index (κ1) is 21.7. The van der Waals surface area contributed by atoms with E-state index in [9.17, 15) is 9.18 Å². The lowest BCUT2D eigenvalue weighted by molar-refractivity contribution is -0.131. The van der Waals surface area contributed by atoms with Crippen molar-refractivity contribution in [3.8, 4) is 5.69 Å². The van der Waals surface area contributed by atoms with E-state index in [0.717, 1.165) is 11.1 Å². The number of carbonyl (C=O) groups excluding carboxylic acids is 1. The van der Waals surface area contributed by atoms with E-state index < -0.39 is 5.25 Å². The highest BCUT2D eigenvalue weighted by molar-refractivity contribution is 8.00. The summed E-state index contributed by atoms with van der Waals surface area (Å²) >= 11 is 1.25. The SMILES string of the molecule is CC(Sc1nnnn1-c1cccc(F)c1)C(=O)N(Cc1ccccc1)Cc1ccccc1. The van der Waals surface area contributed by atoms with Crippen LogP contribution in [0.1, 0.15) is 18.1 Å². The van der Waals surface area contributed by atoms with Gasteiger partial charge in [0.2, 0.25) is 11.1 Å². The lowest BCUT2D eigenvalue weighted by Gasteiger charge is -2.26. The Morgan fingerprint density at radius 3 is 2.19 bits per heavy atom. The molecular weight excluding hydrogens is 425 g/mol. The van der Waals surface area contributed by atoms with Crippen molar-refractivity contribution >= 4 is 17.7 Å². The Kier molecular flexibility index (Phi) is 6.91. The molecule has 1 heterocycles. The van der Waals surface area contributed by atoms with Crippen molar-refractivity contribution < 1.29 is 9.18 Å². The van der Waals surface area contributed by atoms with Gasteiger partial charge in [-0.2, -0.15) is 4.68 Å². The quantitative estimate of drug-likeness (QED) is 0.372. The number of hydrogen-bond donors (Lipinski definition) is 0. The molecule has 1 amide bonds. The van der Waals surface area contributed by atoms with Crippen LogP contribution in [-0.2, 0) is 17.9 Å². The second-order valence-corrected chi connectivity index (χ2v) is 8.59. The third-order valence-corrected chi connectivity index (χ3v) is 5.89. The van der Waals surface area contributed by atoms with Crippen molar-refractivity contribution in [3.63, 3.8) is 0 Å². The number of aromatic nitrogens is 4. The van der Waals surface area contributed by atoms with Crippen LogP contribution in [0.15, 0.2) is 90.1 Å². The summed E-state index contributed by atoms with van der Waals surface area (Å²) in [5, 5.41) is 11.7. The predicted molar refractivity (Wildman–Crippen MR) is 122 cm³/mol. The van der Waals surface area contributed by atoms with Gasteiger partial charge in [0.1, 0.15) is 5.82 Å². The molecule has 0 aliphatic heterocycles. The zero-order valence-corrected chi connectivity index (χ0v) is 18.3.